The Balaban J connectivity index is 1.38. The molecule has 1 aliphatic heterocycles. The van der Waals surface area contributed by atoms with Crippen molar-refractivity contribution >= 4 is 22.5 Å². The van der Waals surface area contributed by atoms with Gasteiger partial charge in [0.15, 0.2) is 0 Å². The van der Waals surface area contributed by atoms with Gasteiger partial charge in [0.2, 0.25) is 0 Å². The molecule has 32 heavy (non-hydrogen) atoms. The van der Waals surface area contributed by atoms with Crippen LogP contribution in [0.5, 0.6) is 0 Å². The number of amides is 1. The van der Waals surface area contributed by atoms with Gasteiger partial charge < -0.3 is 10.1 Å². The summed E-state index contributed by atoms with van der Waals surface area (Å²) in [6.07, 6.45) is 3.48. The Morgan fingerprint density at radius 1 is 1.00 bits per heavy atom. The molecule has 2 aromatic heterocycles. The minimum atomic E-state index is -0.158. The second kappa shape index (κ2) is 9.26. The zero-order valence-electron chi connectivity index (χ0n) is 17.7. The zero-order valence-corrected chi connectivity index (χ0v) is 17.7. The van der Waals surface area contributed by atoms with Crippen LogP contribution < -0.4 is 5.32 Å². The molecular formula is C26H24N4O2. The lowest BCUT2D eigenvalue weighted by Crippen LogP contribution is -2.35. The van der Waals surface area contributed by atoms with Gasteiger partial charge in [-0.25, -0.2) is 4.98 Å². The Bertz CT molecular complexity index is 1220. The molecule has 6 nitrogen and oxygen atoms in total. The van der Waals surface area contributed by atoms with Crippen molar-refractivity contribution in [2.24, 2.45) is 0 Å². The second-order valence-electron chi connectivity index (χ2n) is 7.85. The molecule has 1 amide bonds. The number of aromatic nitrogens is 2. The summed E-state index contributed by atoms with van der Waals surface area (Å²) in [5.41, 5.74) is 4.96. The topological polar surface area (TPSA) is 67.4 Å². The van der Waals surface area contributed by atoms with E-state index in [1.807, 2.05) is 54.6 Å². The summed E-state index contributed by atoms with van der Waals surface area (Å²) in [5, 5.41) is 3.86. The summed E-state index contributed by atoms with van der Waals surface area (Å²) in [6, 6.07) is 21.4. The largest absolute Gasteiger partial charge is 0.379 e. The molecule has 0 saturated carbocycles. The Morgan fingerprint density at radius 2 is 1.81 bits per heavy atom. The van der Waals surface area contributed by atoms with Gasteiger partial charge in [0, 0.05) is 48.7 Å². The molecule has 1 N–H and O–H groups in total. The van der Waals surface area contributed by atoms with Gasteiger partial charge in [0.1, 0.15) is 0 Å². The summed E-state index contributed by atoms with van der Waals surface area (Å²) in [4.78, 5) is 24.5. The third kappa shape index (κ3) is 4.51. The van der Waals surface area contributed by atoms with E-state index in [1.54, 1.807) is 12.4 Å². The number of carbonyl (C=O) groups is 1. The van der Waals surface area contributed by atoms with Gasteiger partial charge in [-0.05, 0) is 42.0 Å². The van der Waals surface area contributed by atoms with E-state index in [0.29, 0.717) is 5.56 Å². The number of benzene rings is 2. The molecular weight excluding hydrogens is 400 g/mol. The number of rotatable bonds is 5. The summed E-state index contributed by atoms with van der Waals surface area (Å²) in [5.74, 6) is -0.158. The Hall–Kier alpha value is -3.61. The predicted molar refractivity (Wildman–Crippen MR) is 125 cm³/mol. The number of ether oxygens (including phenoxy) is 1. The van der Waals surface area contributed by atoms with Crippen molar-refractivity contribution in [2.45, 2.75) is 6.54 Å². The van der Waals surface area contributed by atoms with Gasteiger partial charge in [-0.3, -0.25) is 14.7 Å². The van der Waals surface area contributed by atoms with Crippen LogP contribution in [0.25, 0.3) is 22.2 Å². The lowest BCUT2D eigenvalue weighted by atomic mass is 10.0. The third-order valence-corrected chi connectivity index (χ3v) is 5.64. The maximum absolute atomic E-state index is 13.2. The molecule has 3 heterocycles. The summed E-state index contributed by atoms with van der Waals surface area (Å²) in [6.45, 7) is 4.37. The van der Waals surface area contributed by atoms with Crippen molar-refractivity contribution in [1.29, 1.82) is 0 Å². The van der Waals surface area contributed by atoms with E-state index in [9.17, 15) is 4.79 Å². The molecule has 4 aromatic rings. The Kier molecular flexibility index (Phi) is 5.87. The third-order valence-electron chi connectivity index (χ3n) is 5.64. The monoisotopic (exact) mass is 424 g/mol. The second-order valence-corrected chi connectivity index (χ2v) is 7.85. The average Bonchev–Trinajstić information content (AvgIpc) is 2.85. The highest BCUT2D eigenvalue weighted by Gasteiger charge is 2.15. The van der Waals surface area contributed by atoms with E-state index in [2.05, 4.69) is 27.3 Å². The molecule has 6 heteroatoms. The van der Waals surface area contributed by atoms with Crippen LogP contribution in [0.1, 0.15) is 15.9 Å². The maximum Gasteiger partial charge on any atom is 0.256 e. The number of para-hydroxylation sites is 1. The number of fused-ring (bicyclic) bond motifs is 1. The molecule has 0 radical (unpaired) electrons. The summed E-state index contributed by atoms with van der Waals surface area (Å²) in [7, 11) is 0. The standard InChI is InChI=1S/C26H24N4O2/c31-26(28-21-9-7-19(8-10-21)18-30-12-14-32-15-13-30)23-16-25(20-4-3-11-27-17-20)29-24-6-2-1-5-22(23)24/h1-11,16-17H,12-15,18H2,(H,28,31). The van der Waals surface area contributed by atoms with Crippen LogP contribution in [-0.4, -0.2) is 47.1 Å². The number of pyridine rings is 2. The van der Waals surface area contributed by atoms with Crippen LogP contribution in [-0.2, 0) is 11.3 Å². The average molecular weight is 425 g/mol. The summed E-state index contributed by atoms with van der Waals surface area (Å²) < 4.78 is 5.41. The number of hydrogen-bond acceptors (Lipinski definition) is 5. The van der Waals surface area contributed by atoms with Gasteiger partial charge >= 0.3 is 0 Å². The highest BCUT2D eigenvalue weighted by molar-refractivity contribution is 6.13. The smallest absolute Gasteiger partial charge is 0.256 e. The lowest BCUT2D eigenvalue weighted by Gasteiger charge is -2.26. The molecule has 5 rings (SSSR count). The van der Waals surface area contributed by atoms with E-state index >= 15 is 0 Å². The maximum atomic E-state index is 13.2. The first-order valence-corrected chi connectivity index (χ1v) is 10.8. The van der Waals surface area contributed by atoms with Gasteiger partial charge in [-0.2, -0.15) is 0 Å². The van der Waals surface area contributed by atoms with E-state index < -0.39 is 0 Å². The molecule has 1 saturated heterocycles. The van der Waals surface area contributed by atoms with E-state index in [0.717, 1.165) is 60.7 Å². The van der Waals surface area contributed by atoms with Crippen molar-refractivity contribution < 1.29 is 9.53 Å². The van der Waals surface area contributed by atoms with Crippen molar-refractivity contribution in [3.05, 3.63) is 90.3 Å². The molecule has 1 aliphatic rings. The van der Waals surface area contributed by atoms with Gasteiger partial charge in [0.05, 0.1) is 30.0 Å². The number of nitrogens with one attached hydrogen (secondary N) is 1. The molecule has 0 bridgehead atoms. The van der Waals surface area contributed by atoms with E-state index in [1.165, 1.54) is 5.56 Å². The van der Waals surface area contributed by atoms with E-state index in [4.69, 9.17) is 9.72 Å². The minimum absolute atomic E-state index is 0.158. The number of anilines is 1. The quantitative estimate of drug-likeness (QED) is 0.515. The molecule has 0 aliphatic carbocycles. The minimum Gasteiger partial charge on any atom is -0.379 e. The van der Waals surface area contributed by atoms with Gasteiger partial charge in [-0.15, -0.1) is 0 Å². The zero-order chi connectivity index (χ0) is 21.8. The van der Waals surface area contributed by atoms with Crippen LogP contribution in [0.3, 0.4) is 0 Å². The molecule has 160 valence electrons. The Labute approximate surface area is 186 Å². The predicted octanol–water partition coefficient (Wildman–Crippen LogP) is 4.38. The van der Waals surface area contributed by atoms with Gasteiger partial charge in [0.25, 0.3) is 5.91 Å². The lowest BCUT2D eigenvalue weighted by molar-refractivity contribution is 0.0342. The normalized spacial score (nSPS) is 14.4. The van der Waals surface area contributed by atoms with Crippen molar-refractivity contribution in [3.8, 4) is 11.3 Å². The fourth-order valence-corrected chi connectivity index (χ4v) is 3.93. The number of carbonyl (C=O) groups excluding carboxylic acids is 1. The van der Waals surface area contributed by atoms with E-state index in [-0.39, 0.29) is 5.91 Å². The number of hydrogen-bond donors (Lipinski definition) is 1. The first kappa shape index (κ1) is 20.3. The molecule has 0 spiro atoms. The van der Waals surface area contributed by atoms with Crippen LogP contribution in [0.4, 0.5) is 5.69 Å². The SMILES string of the molecule is O=C(Nc1ccc(CN2CCOCC2)cc1)c1cc(-c2cccnc2)nc2ccccc12. The number of nitrogens with zero attached hydrogens (tertiary/aromatic N) is 3. The molecule has 0 atom stereocenters. The van der Waals surface area contributed by atoms with Crippen LogP contribution >= 0.6 is 0 Å². The molecule has 1 fully saturated rings. The van der Waals surface area contributed by atoms with Crippen LogP contribution in [0.15, 0.2) is 79.1 Å². The first-order valence-electron chi connectivity index (χ1n) is 10.8. The van der Waals surface area contributed by atoms with Crippen LogP contribution in [0, 0.1) is 0 Å². The van der Waals surface area contributed by atoms with Crippen molar-refractivity contribution in [3.63, 3.8) is 0 Å². The van der Waals surface area contributed by atoms with Crippen molar-refractivity contribution in [2.75, 3.05) is 31.6 Å². The van der Waals surface area contributed by atoms with Gasteiger partial charge in [-0.1, -0.05) is 30.3 Å². The molecule has 0 unspecified atom stereocenters. The van der Waals surface area contributed by atoms with Crippen molar-refractivity contribution in [1.82, 2.24) is 14.9 Å². The van der Waals surface area contributed by atoms with Crippen LogP contribution in [0.2, 0.25) is 0 Å². The fraction of sp³-hybridized carbons (Fsp3) is 0.192. The highest BCUT2D eigenvalue weighted by Crippen LogP contribution is 2.25. The fourth-order valence-electron chi connectivity index (χ4n) is 3.93. The number of morpholine rings is 1. The Morgan fingerprint density at radius 3 is 2.59 bits per heavy atom. The highest BCUT2D eigenvalue weighted by atomic mass is 16.5. The summed E-state index contributed by atoms with van der Waals surface area (Å²) >= 11 is 0. The molecule has 2 aromatic carbocycles. The first-order chi connectivity index (χ1) is 15.8.